The highest BCUT2D eigenvalue weighted by atomic mass is 14.9. The topological polar surface area (TPSA) is 62.7 Å². The second-order valence-corrected chi connectivity index (χ2v) is 3.55. The zero-order valence-electron chi connectivity index (χ0n) is 9.72. The number of pyridine rings is 1. The molecule has 2 aromatic heterocycles. The molecule has 5 nitrogen and oxygen atoms in total. The molecule has 0 spiro atoms. The first kappa shape index (κ1) is 11.3. The number of nitrogens with zero attached hydrogens (tertiary/aromatic N) is 3. The summed E-state index contributed by atoms with van der Waals surface area (Å²) in [7, 11) is 0. The lowest BCUT2D eigenvalue weighted by molar-refractivity contribution is 1.00. The lowest BCUT2D eigenvalue weighted by atomic mass is 10.3. The molecule has 0 saturated heterocycles. The summed E-state index contributed by atoms with van der Waals surface area (Å²) >= 11 is 0. The lowest BCUT2D eigenvalue weighted by Gasteiger charge is -2.07. The van der Waals surface area contributed by atoms with E-state index in [4.69, 9.17) is 0 Å². The molecule has 2 N–H and O–H groups in total. The summed E-state index contributed by atoms with van der Waals surface area (Å²) in [4.78, 5) is 12.2. The summed E-state index contributed by atoms with van der Waals surface area (Å²) in [6.45, 7) is 3.61. The summed E-state index contributed by atoms with van der Waals surface area (Å²) in [5.74, 6) is 0. The molecule has 0 saturated carbocycles. The second-order valence-electron chi connectivity index (χ2n) is 3.55. The summed E-state index contributed by atoms with van der Waals surface area (Å²) in [5.41, 5.74) is 2.94. The van der Waals surface area contributed by atoms with E-state index >= 15 is 0 Å². The van der Waals surface area contributed by atoms with Crippen molar-refractivity contribution in [1.82, 2.24) is 15.0 Å². The Kier molecular flexibility index (Phi) is 3.85. The highest BCUT2D eigenvalue weighted by Gasteiger charge is 1.97. The van der Waals surface area contributed by atoms with Crippen molar-refractivity contribution in [1.29, 1.82) is 0 Å². The van der Waals surface area contributed by atoms with E-state index < -0.39 is 0 Å². The van der Waals surface area contributed by atoms with Crippen LogP contribution in [0.4, 0.5) is 11.4 Å². The lowest BCUT2D eigenvalue weighted by Crippen LogP contribution is -2.03. The Morgan fingerprint density at radius 3 is 2.65 bits per heavy atom. The molecule has 0 aliphatic rings. The Bertz CT molecular complexity index is 457. The molecule has 5 heteroatoms. The third-order valence-electron chi connectivity index (χ3n) is 2.24. The molecule has 2 aromatic rings. The Labute approximate surface area is 100 Å². The highest BCUT2D eigenvalue weighted by molar-refractivity contribution is 5.53. The predicted octanol–water partition coefficient (Wildman–Crippen LogP) is 1.92. The average molecular weight is 229 g/mol. The van der Waals surface area contributed by atoms with Gasteiger partial charge in [-0.15, -0.1) is 0 Å². The van der Waals surface area contributed by atoms with Crippen LogP contribution in [0.1, 0.15) is 12.6 Å². The van der Waals surface area contributed by atoms with Gasteiger partial charge in [0, 0.05) is 12.7 Å². The smallest absolute Gasteiger partial charge is 0.115 e. The molecule has 0 amide bonds. The molecule has 0 bridgehead atoms. The number of aromatic nitrogens is 3. The monoisotopic (exact) mass is 229 g/mol. The van der Waals surface area contributed by atoms with Gasteiger partial charge in [0.15, 0.2) is 0 Å². The van der Waals surface area contributed by atoms with Crippen LogP contribution in [0.2, 0.25) is 0 Å². The van der Waals surface area contributed by atoms with Crippen molar-refractivity contribution in [2.24, 2.45) is 0 Å². The van der Waals surface area contributed by atoms with Gasteiger partial charge in [0.25, 0.3) is 0 Å². The van der Waals surface area contributed by atoms with Crippen LogP contribution < -0.4 is 10.6 Å². The van der Waals surface area contributed by atoms with Gasteiger partial charge in [0.05, 0.1) is 36.0 Å². The molecule has 17 heavy (non-hydrogen) atoms. The molecule has 88 valence electrons. The Morgan fingerprint density at radius 2 is 1.94 bits per heavy atom. The van der Waals surface area contributed by atoms with E-state index in [1.807, 2.05) is 12.1 Å². The Balaban J connectivity index is 1.97. The van der Waals surface area contributed by atoms with Gasteiger partial charge >= 0.3 is 0 Å². The maximum Gasteiger partial charge on any atom is 0.115 e. The summed E-state index contributed by atoms with van der Waals surface area (Å²) in [5, 5.41) is 6.48. The number of hydrogen-bond donors (Lipinski definition) is 2. The fourth-order valence-corrected chi connectivity index (χ4v) is 1.45. The molecular formula is C12H15N5. The summed E-state index contributed by atoms with van der Waals surface area (Å²) < 4.78 is 0. The average Bonchev–Trinajstić information content (AvgIpc) is 2.39. The van der Waals surface area contributed by atoms with Gasteiger partial charge in [-0.2, -0.15) is 0 Å². The van der Waals surface area contributed by atoms with Gasteiger partial charge in [-0.25, -0.2) is 9.97 Å². The van der Waals surface area contributed by atoms with Crippen LogP contribution in [0.5, 0.6) is 0 Å². The Morgan fingerprint density at radius 1 is 1.12 bits per heavy atom. The second kappa shape index (κ2) is 5.79. The minimum Gasteiger partial charge on any atom is -0.384 e. The number of nitrogens with one attached hydrogen (secondary N) is 2. The SMILES string of the molecule is CCNc1cncc(NCc2ccncn2)c1. The Hall–Kier alpha value is -2.17. The van der Waals surface area contributed by atoms with Gasteiger partial charge in [-0.05, 0) is 19.1 Å². The largest absolute Gasteiger partial charge is 0.384 e. The van der Waals surface area contributed by atoms with Crippen molar-refractivity contribution in [2.75, 3.05) is 17.2 Å². The first-order valence-corrected chi connectivity index (χ1v) is 5.56. The summed E-state index contributed by atoms with van der Waals surface area (Å²) in [6.07, 6.45) is 6.88. The minimum atomic E-state index is 0.666. The minimum absolute atomic E-state index is 0.666. The van der Waals surface area contributed by atoms with Crippen molar-refractivity contribution in [3.8, 4) is 0 Å². The van der Waals surface area contributed by atoms with E-state index in [2.05, 4.69) is 32.5 Å². The van der Waals surface area contributed by atoms with Crippen molar-refractivity contribution in [2.45, 2.75) is 13.5 Å². The third-order valence-corrected chi connectivity index (χ3v) is 2.24. The first-order valence-electron chi connectivity index (χ1n) is 5.56. The van der Waals surface area contributed by atoms with Crippen LogP contribution in [0.25, 0.3) is 0 Å². The predicted molar refractivity (Wildman–Crippen MR) is 67.8 cm³/mol. The zero-order chi connectivity index (χ0) is 11.9. The molecule has 0 unspecified atom stereocenters. The van der Waals surface area contributed by atoms with E-state index in [1.54, 1.807) is 24.9 Å². The van der Waals surface area contributed by atoms with E-state index in [0.717, 1.165) is 23.6 Å². The van der Waals surface area contributed by atoms with Gasteiger partial charge < -0.3 is 10.6 Å². The highest BCUT2D eigenvalue weighted by Crippen LogP contribution is 2.13. The normalized spacial score (nSPS) is 9.94. The molecule has 0 radical (unpaired) electrons. The molecule has 0 aromatic carbocycles. The van der Waals surface area contributed by atoms with Gasteiger partial charge in [-0.1, -0.05) is 0 Å². The fourth-order valence-electron chi connectivity index (χ4n) is 1.45. The van der Waals surface area contributed by atoms with Crippen LogP contribution in [-0.4, -0.2) is 21.5 Å². The van der Waals surface area contributed by atoms with Crippen molar-refractivity contribution < 1.29 is 0 Å². The van der Waals surface area contributed by atoms with Gasteiger partial charge in [0.1, 0.15) is 6.33 Å². The van der Waals surface area contributed by atoms with Crippen LogP contribution >= 0.6 is 0 Å². The maximum atomic E-state index is 4.16. The molecule has 2 heterocycles. The number of rotatable bonds is 5. The van der Waals surface area contributed by atoms with Crippen LogP contribution in [-0.2, 0) is 6.54 Å². The van der Waals surface area contributed by atoms with E-state index in [1.165, 1.54) is 0 Å². The van der Waals surface area contributed by atoms with Crippen LogP contribution in [0, 0.1) is 0 Å². The van der Waals surface area contributed by atoms with E-state index in [-0.39, 0.29) is 0 Å². The van der Waals surface area contributed by atoms with Crippen LogP contribution in [0.15, 0.2) is 37.1 Å². The van der Waals surface area contributed by atoms with Gasteiger partial charge in [-0.3, -0.25) is 4.98 Å². The van der Waals surface area contributed by atoms with Crippen LogP contribution in [0.3, 0.4) is 0 Å². The maximum absolute atomic E-state index is 4.16. The molecule has 0 aliphatic carbocycles. The standard InChI is InChI=1S/C12H15N5/c1-2-15-11-5-12(7-14-6-11)16-8-10-3-4-13-9-17-10/h3-7,9,15-16H,2,8H2,1H3. The van der Waals surface area contributed by atoms with E-state index in [9.17, 15) is 0 Å². The molecule has 0 atom stereocenters. The van der Waals surface area contributed by atoms with Crippen molar-refractivity contribution in [3.63, 3.8) is 0 Å². The number of anilines is 2. The van der Waals surface area contributed by atoms with Crippen molar-refractivity contribution >= 4 is 11.4 Å². The van der Waals surface area contributed by atoms with Gasteiger partial charge in [0.2, 0.25) is 0 Å². The van der Waals surface area contributed by atoms with E-state index in [0.29, 0.717) is 6.54 Å². The van der Waals surface area contributed by atoms with Crippen molar-refractivity contribution in [3.05, 3.63) is 42.7 Å². The zero-order valence-corrected chi connectivity index (χ0v) is 9.72. The number of hydrogen-bond acceptors (Lipinski definition) is 5. The molecular weight excluding hydrogens is 214 g/mol. The molecule has 0 aliphatic heterocycles. The fraction of sp³-hybridized carbons (Fsp3) is 0.250. The molecule has 0 fully saturated rings. The quantitative estimate of drug-likeness (QED) is 0.820. The molecule has 2 rings (SSSR count). The third kappa shape index (κ3) is 3.41. The first-order chi connectivity index (χ1) is 8.38. The summed E-state index contributed by atoms with van der Waals surface area (Å²) in [6, 6.07) is 3.91.